The second kappa shape index (κ2) is 10.6. The Kier molecular flexibility index (Phi) is 10.4. The fourth-order valence-corrected chi connectivity index (χ4v) is 1.86. The summed E-state index contributed by atoms with van der Waals surface area (Å²) in [5, 5.41) is 17.4. The van der Waals surface area contributed by atoms with Crippen LogP contribution in [0.5, 0.6) is 0 Å². The number of thiophene rings is 1. The average molecular weight is 383 g/mol. The highest BCUT2D eigenvalue weighted by Crippen LogP contribution is 2.09. The molecule has 0 spiro atoms. The van der Waals surface area contributed by atoms with Crippen molar-refractivity contribution in [3.63, 3.8) is 0 Å². The third kappa shape index (κ3) is 7.17. The van der Waals surface area contributed by atoms with Crippen LogP contribution in [0.15, 0.2) is 22.5 Å². The second-order valence-electron chi connectivity index (χ2n) is 3.94. The van der Waals surface area contributed by atoms with Crippen molar-refractivity contribution in [2.75, 3.05) is 19.7 Å². The molecule has 0 amide bonds. The van der Waals surface area contributed by atoms with E-state index in [9.17, 15) is 0 Å². The monoisotopic (exact) mass is 383 g/mol. The minimum absolute atomic E-state index is 0. The Morgan fingerprint density at radius 1 is 1.50 bits per heavy atom. The molecule has 0 saturated heterocycles. The van der Waals surface area contributed by atoms with E-state index in [1.807, 2.05) is 19.9 Å². The van der Waals surface area contributed by atoms with Crippen LogP contribution >= 0.6 is 35.3 Å². The minimum atomic E-state index is 0. The highest BCUT2D eigenvalue weighted by atomic mass is 127. The summed E-state index contributed by atoms with van der Waals surface area (Å²) in [7, 11) is 0. The van der Waals surface area contributed by atoms with E-state index in [1.54, 1.807) is 11.3 Å². The maximum absolute atomic E-state index is 8.96. The van der Waals surface area contributed by atoms with Crippen LogP contribution in [-0.4, -0.2) is 30.8 Å². The topological polar surface area (TPSA) is 56.7 Å². The summed E-state index contributed by atoms with van der Waals surface area (Å²) in [5.41, 5.74) is 0. The number of aliphatic hydroxyl groups excluding tert-OH is 1. The van der Waals surface area contributed by atoms with Crippen molar-refractivity contribution in [3.05, 3.63) is 22.4 Å². The summed E-state index contributed by atoms with van der Waals surface area (Å²) < 4.78 is 0. The first-order chi connectivity index (χ1) is 8.26. The Balaban J connectivity index is 0.00000289. The standard InChI is InChI=1S/C12H21N3OS.HI/c1-3-13-12(14-7-10(2)9-16)15-8-11-5-4-6-17-11;/h4-6,10,16H,3,7-9H2,1-2H3,(H2,13,14,15);1H. The Bertz CT molecular complexity index is 330. The van der Waals surface area contributed by atoms with E-state index in [4.69, 9.17) is 5.11 Å². The molecule has 104 valence electrons. The third-order valence-corrected chi connectivity index (χ3v) is 3.11. The molecule has 0 saturated carbocycles. The van der Waals surface area contributed by atoms with Gasteiger partial charge in [-0.15, -0.1) is 35.3 Å². The van der Waals surface area contributed by atoms with Crippen LogP contribution in [-0.2, 0) is 6.54 Å². The zero-order chi connectivity index (χ0) is 12.5. The fraction of sp³-hybridized carbons (Fsp3) is 0.583. The van der Waals surface area contributed by atoms with Gasteiger partial charge in [0.25, 0.3) is 0 Å². The van der Waals surface area contributed by atoms with Crippen molar-refractivity contribution in [2.45, 2.75) is 20.4 Å². The zero-order valence-corrected chi connectivity index (χ0v) is 14.0. The summed E-state index contributed by atoms with van der Waals surface area (Å²) >= 11 is 1.71. The van der Waals surface area contributed by atoms with Gasteiger partial charge in [0, 0.05) is 24.6 Å². The highest BCUT2D eigenvalue weighted by molar-refractivity contribution is 14.0. The predicted octanol–water partition coefficient (Wildman–Crippen LogP) is 2.05. The van der Waals surface area contributed by atoms with Gasteiger partial charge in [-0.25, -0.2) is 4.99 Å². The number of rotatable bonds is 6. The van der Waals surface area contributed by atoms with Gasteiger partial charge in [0.15, 0.2) is 5.96 Å². The van der Waals surface area contributed by atoms with Gasteiger partial charge in [-0.1, -0.05) is 13.0 Å². The molecular weight excluding hydrogens is 361 g/mol. The molecule has 4 nitrogen and oxygen atoms in total. The zero-order valence-electron chi connectivity index (χ0n) is 10.8. The smallest absolute Gasteiger partial charge is 0.191 e. The van der Waals surface area contributed by atoms with Gasteiger partial charge in [-0.2, -0.15) is 0 Å². The van der Waals surface area contributed by atoms with Crippen molar-refractivity contribution in [2.24, 2.45) is 10.9 Å². The highest BCUT2D eigenvalue weighted by Gasteiger charge is 2.02. The summed E-state index contributed by atoms with van der Waals surface area (Å²) in [6.07, 6.45) is 0. The van der Waals surface area contributed by atoms with Crippen molar-refractivity contribution in [1.82, 2.24) is 10.6 Å². The number of halogens is 1. The molecule has 0 fully saturated rings. The quantitative estimate of drug-likeness (QED) is 0.401. The van der Waals surface area contributed by atoms with E-state index >= 15 is 0 Å². The van der Waals surface area contributed by atoms with Crippen LogP contribution in [0.3, 0.4) is 0 Å². The van der Waals surface area contributed by atoms with Gasteiger partial charge in [0.2, 0.25) is 0 Å². The number of hydrogen-bond acceptors (Lipinski definition) is 3. The van der Waals surface area contributed by atoms with Crippen molar-refractivity contribution < 1.29 is 5.11 Å². The fourth-order valence-electron chi connectivity index (χ4n) is 1.24. The molecule has 1 unspecified atom stereocenters. The minimum Gasteiger partial charge on any atom is -0.396 e. The molecule has 1 rings (SSSR count). The molecule has 0 radical (unpaired) electrons. The SMILES string of the molecule is CCNC(=NCc1cccs1)NCC(C)CO.I. The molecule has 18 heavy (non-hydrogen) atoms. The first-order valence-electron chi connectivity index (χ1n) is 5.91. The molecule has 1 atom stereocenters. The van der Waals surface area contributed by atoms with Crippen LogP contribution in [0.4, 0.5) is 0 Å². The number of aliphatic imine (C=N–C) groups is 1. The van der Waals surface area contributed by atoms with Crippen LogP contribution < -0.4 is 10.6 Å². The lowest BCUT2D eigenvalue weighted by Crippen LogP contribution is -2.39. The normalized spacial score (nSPS) is 12.7. The Labute approximate surface area is 130 Å². The van der Waals surface area contributed by atoms with Gasteiger partial charge < -0.3 is 15.7 Å². The summed E-state index contributed by atoms with van der Waals surface area (Å²) in [6.45, 7) is 6.49. The van der Waals surface area contributed by atoms with E-state index in [1.165, 1.54) is 4.88 Å². The Morgan fingerprint density at radius 3 is 2.83 bits per heavy atom. The molecule has 0 aromatic carbocycles. The maximum atomic E-state index is 8.96. The summed E-state index contributed by atoms with van der Waals surface area (Å²) in [4.78, 5) is 5.73. The second-order valence-corrected chi connectivity index (χ2v) is 4.98. The molecule has 1 aromatic heterocycles. The van der Waals surface area contributed by atoms with Gasteiger partial charge in [0.05, 0.1) is 6.54 Å². The first kappa shape index (κ1) is 17.7. The lowest BCUT2D eigenvalue weighted by molar-refractivity contribution is 0.238. The molecule has 0 bridgehead atoms. The molecule has 1 aromatic rings. The van der Waals surface area contributed by atoms with E-state index in [-0.39, 0.29) is 36.5 Å². The van der Waals surface area contributed by atoms with Crippen LogP contribution in [0.25, 0.3) is 0 Å². The van der Waals surface area contributed by atoms with Crippen LogP contribution in [0.1, 0.15) is 18.7 Å². The Hall–Kier alpha value is -0.340. The molecule has 3 N–H and O–H groups in total. The van der Waals surface area contributed by atoms with Crippen LogP contribution in [0, 0.1) is 5.92 Å². The number of nitrogens with one attached hydrogen (secondary N) is 2. The number of nitrogens with zero attached hydrogens (tertiary/aromatic N) is 1. The van der Waals surface area contributed by atoms with Gasteiger partial charge in [-0.3, -0.25) is 0 Å². The van der Waals surface area contributed by atoms with Crippen LogP contribution in [0.2, 0.25) is 0 Å². The van der Waals surface area contributed by atoms with E-state index in [0.717, 1.165) is 19.0 Å². The maximum Gasteiger partial charge on any atom is 0.191 e. The van der Waals surface area contributed by atoms with E-state index in [0.29, 0.717) is 6.54 Å². The van der Waals surface area contributed by atoms with E-state index in [2.05, 4.69) is 27.1 Å². The van der Waals surface area contributed by atoms with Crippen molar-refractivity contribution in [1.29, 1.82) is 0 Å². The lowest BCUT2D eigenvalue weighted by atomic mass is 10.2. The van der Waals surface area contributed by atoms with Gasteiger partial charge in [-0.05, 0) is 24.3 Å². The summed E-state index contributed by atoms with van der Waals surface area (Å²) in [6, 6.07) is 4.11. The van der Waals surface area contributed by atoms with E-state index < -0.39 is 0 Å². The lowest BCUT2D eigenvalue weighted by Gasteiger charge is -2.13. The molecule has 1 heterocycles. The van der Waals surface area contributed by atoms with Crippen molar-refractivity contribution >= 4 is 41.3 Å². The van der Waals surface area contributed by atoms with Gasteiger partial charge in [0.1, 0.15) is 0 Å². The third-order valence-electron chi connectivity index (χ3n) is 2.25. The largest absolute Gasteiger partial charge is 0.396 e. The predicted molar refractivity (Wildman–Crippen MR) is 88.8 cm³/mol. The Morgan fingerprint density at radius 2 is 2.28 bits per heavy atom. The number of guanidine groups is 1. The molecule has 0 aliphatic carbocycles. The first-order valence-corrected chi connectivity index (χ1v) is 6.79. The molecular formula is C12H22IN3OS. The van der Waals surface area contributed by atoms with Crippen molar-refractivity contribution in [3.8, 4) is 0 Å². The molecule has 0 aliphatic heterocycles. The van der Waals surface area contributed by atoms with Gasteiger partial charge >= 0.3 is 0 Å². The molecule has 0 aliphatic rings. The molecule has 6 heteroatoms. The average Bonchev–Trinajstić information content (AvgIpc) is 2.85. The number of hydrogen-bond donors (Lipinski definition) is 3. The number of aliphatic hydroxyl groups is 1. The summed E-state index contributed by atoms with van der Waals surface area (Å²) in [5.74, 6) is 1.04.